The highest BCUT2D eigenvalue weighted by Gasteiger charge is 2.31. The Labute approximate surface area is 81.8 Å². The van der Waals surface area contributed by atoms with Gasteiger partial charge in [0.15, 0.2) is 0 Å². The lowest BCUT2D eigenvalue weighted by Gasteiger charge is -2.26. The van der Waals surface area contributed by atoms with Gasteiger partial charge in [-0.3, -0.25) is 0 Å². The summed E-state index contributed by atoms with van der Waals surface area (Å²) in [6.45, 7) is 3.66. The van der Waals surface area contributed by atoms with Crippen molar-refractivity contribution in [3.8, 4) is 0 Å². The molecule has 0 aromatic heterocycles. The molecule has 4 heteroatoms. The topological polar surface area (TPSA) is 58.9 Å². The van der Waals surface area contributed by atoms with Crippen LogP contribution in [0.4, 0.5) is 0 Å². The lowest BCUT2D eigenvalue weighted by atomic mass is 9.86. The number of rotatable bonds is 2. The molecule has 0 saturated carbocycles. The molecule has 72 valence electrons. The number of hydrogen-bond acceptors (Lipinski definition) is 4. The Morgan fingerprint density at radius 1 is 1.36 bits per heavy atom. The van der Waals surface area contributed by atoms with Crippen LogP contribution in [0.5, 0.6) is 0 Å². The third kappa shape index (κ3) is 1.94. The fourth-order valence-corrected chi connectivity index (χ4v) is 1.50. The Hall–Kier alpha value is -1.76. The molecule has 1 rings (SSSR count). The van der Waals surface area contributed by atoms with E-state index in [1.807, 2.05) is 13.0 Å². The first-order chi connectivity index (χ1) is 6.62. The predicted octanol–water partition coefficient (Wildman–Crippen LogP) is 1.65. The molecule has 0 N–H and O–H groups in total. The molecule has 0 bridgehead atoms. The van der Waals surface area contributed by atoms with E-state index in [0.717, 1.165) is 5.57 Å². The zero-order valence-electron chi connectivity index (χ0n) is 8.07. The molecular weight excluding hydrogens is 180 g/mol. The first-order valence-electron chi connectivity index (χ1n) is 4.17. The zero-order valence-corrected chi connectivity index (χ0v) is 8.07. The molecular formula is C10H10N2O2. The minimum Gasteiger partial charge on any atom is -0.211 e. The second-order valence-electron chi connectivity index (χ2n) is 3.42. The maximum Gasteiger partial charge on any atom is 0.240 e. The quantitative estimate of drug-likeness (QED) is 0.491. The molecule has 0 aromatic rings. The van der Waals surface area contributed by atoms with Gasteiger partial charge in [0.1, 0.15) is 5.54 Å². The van der Waals surface area contributed by atoms with Crippen LogP contribution in [0.15, 0.2) is 33.4 Å². The molecule has 0 aliphatic heterocycles. The van der Waals surface area contributed by atoms with Crippen molar-refractivity contribution in [3.05, 3.63) is 23.4 Å². The molecule has 1 unspecified atom stereocenters. The zero-order chi connectivity index (χ0) is 10.6. The van der Waals surface area contributed by atoms with Crippen LogP contribution in [0.1, 0.15) is 20.3 Å². The standard InChI is InChI=1S/C10H10N2O2/c1-8-3-4-9(11-6-13)10(2,5-8)12-7-14/h3-4H,5H2,1-2H3. The Balaban J connectivity index is 3.19. The molecule has 4 nitrogen and oxygen atoms in total. The molecule has 14 heavy (non-hydrogen) atoms. The Morgan fingerprint density at radius 2 is 2.07 bits per heavy atom. The van der Waals surface area contributed by atoms with Crippen molar-refractivity contribution in [1.29, 1.82) is 0 Å². The largest absolute Gasteiger partial charge is 0.240 e. The minimum absolute atomic E-state index is 0.446. The van der Waals surface area contributed by atoms with Crippen LogP contribution < -0.4 is 0 Å². The van der Waals surface area contributed by atoms with Crippen LogP contribution in [0.2, 0.25) is 0 Å². The summed E-state index contributed by atoms with van der Waals surface area (Å²) in [6, 6.07) is 0. The molecule has 0 saturated heterocycles. The summed E-state index contributed by atoms with van der Waals surface area (Å²) < 4.78 is 0. The van der Waals surface area contributed by atoms with Gasteiger partial charge in [-0.1, -0.05) is 11.6 Å². The van der Waals surface area contributed by atoms with Crippen molar-refractivity contribution in [2.24, 2.45) is 9.98 Å². The van der Waals surface area contributed by atoms with E-state index >= 15 is 0 Å². The van der Waals surface area contributed by atoms with E-state index in [9.17, 15) is 9.59 Å². The summed E-state index contributed by atoms with van der Waals surface area (Å²) in [5.74, 6) is 0. The Kier molecular flexibility index (Phi) is 2.92. The van der Waals surface area contributed by atoms with Gasteiger partial charge in [0, 0.05) is 0 Å². The van der Waals surface area contributed by atoms with Crippen molar-refractivity contribution in [2.45, 2.75) is 25.8 Å². The molecule has 0 radical (unpaired) electrons. The first-order valence-corrected chi connectivity index (χ1v) is 4.17. The highest BCUT2D eigenvalue weighted by molar-refractivity contribution is 5.46. The van der Waals surface area contributed by atoms with E-state index in [2.05, 4.69) is 9.98 Å². The van der Waals surface area contributed by atoms with Crippen LogP contribution in [-0.4, -0.2) is 17.7 Å². The van der Waals surface area contributed by atoms with Crippen molar-refractivity contribution in [2.75, 3.05) is 0 Å². The number of aliphatic imine (C=N–C) groups is 2. The van der Waals surface area contributed by atoms with Crippen LogP contribution in [0.25, 0.3) is 0 Å². The number of nitrogens with zero attached hydrogens (tertiary/aromatic N) is 2. The van der Waals surface area contributed by atoms with Gasteiger partial charge < -0.3 is 0 Å². The molecule has 1 atom stereocenters. The maximum atomic E-state index is 10.3. The van der Waals surface area contributed by atoms with E-state index in [4.69, 9.17) is 0 Å². The monoisotopic (exact) mass is 190 g/mol. The molecule has 0 spiro atoms. The third-order valence-corrected chi connectivity index (χ3v) is 2.16. The van der Waals surface area contributed by atoms with E-state index in [1.165, 1.54) is 12.2 Å². The second-order valence-corrected chi connectivity index (χ2v) is 3.42. The molecule has 1 aliphatic carbocycles. The van der Waals surface area contributed by atoms with E-state index in [0.29, 0.717) is 12.1 Å². The van der Waals surface area contributed by atoms with E-state index < -0.39 is 5.54 Å². The first kappa shape index (κ1) is 10.3. The summed E-state index contributed by atoms with van der Waals surface area (Å²) in [5, 5.41) is 0. The molecule has 0 aromatic carbocycles. The summed E-state index contributed by atoms with van der Waals surface area (Å²) in [6.07, 6.45) is 7.04. The average molecular weight is 190 g/mol. The average Bonchev–Trinajstić information content (AvgIpc) is 2.10. The highest BCUT2D eigenvalue weighted by Crippen LogP contribution is 2.32. The van der Waals surface area contributed by atoms with Crippen molar-refractivity contribution in [3.63, 3.8) is 0 Å². The van der Waals surface area contributed by atoms with Crippen LogP contribution in [0, 0.1) is 0 Å². The Morgan fingerprint density at radius 3 is 2.64 bits per heavy atom. The summed E-state index contributed by atoms with van der Waals surface area (Å²) in [7, 11) is 0. The van der Waals surface area contributed by atoms with Gasteiger partial charge in [-0.25, -0.2) is 9.59 Å². The van der Waals surface area contributed by atoms with Crippen LogP contribution in [-0.2, 0) is 9.59 Å². The van der Waals surface area contributed by atoms with Gasteiger partial charge in [0.05, 0.1) is 5.70 Å². The lowest BCUT2D eigenvalue weighted by Crippen LogP contribution is -2.26. The van der Waals surface area contributed by atoms with Crippen LogP contribution >= 0.6 is 0 Å². The summed E-state index contributed by atoms with van der Waals surface area (Å²) in [5.41, 5.74) is 0.760. The summed E-state index contributed by atoms with van der Waals surface area (Å²) in [4.78, 5) is 27.6. The smallest absolute Gasteiger partial charge is 0.211 e. The molecule has 0 fully saturated rings. The van der Waals surface area contributed by atoms with Crippen molar-refractivity contribution < 1.29 is 9.59 Å². The second kappa shape index (κ2) is 3.97. The van der Waals surface area contributed by atoms with Gasteiger partial charge in [0.25, 0.3) is 0 Å². The lowest BCUT2D eigenvalue weighted by molar-refractivity contribution is 0.508. The van der Waals surface area contributed by atoms with Gasteiger partial charge in [0.2, 0.25) is 12.2 Å². The van der Waals surface area contributed by atoms with Gasteiger partial charge >= 0.3 is 0 Å². The van der Waals surface area contributed by atoms with E-state index in [-0.39, 0.29) is 0 Å². The third-order valence-electron chi connectivity index (χ3n) is 2.16. The number of allylic oxidation sites excluding steroid dienone is 2. The highest BCUT2D eigenvalue weighted by atomic mass is 16.1. The van der Waals surface area contributed by atoms with Gasteiger partial charge in [-0.2, -0.15) is 9.98 Å². The molecule has 0 heterocycles. The summed E-state index contributed by atoms with van der Waals surface area (Å²) >= 11 is 0. The minimum atomic E-state index is -0.766. The van der Waals surface area contributed by atoms with Crippen LogP contribution in [0.3, 0.4) is 0 Å². The maximum absolute atomic E-state index is 10.3. The van der Waals surface area contributed by atoms with E-state index in [1.54, 1.807) is 13.0 Å². The fraction of sp³-hybridized carbons (Fsp3) is 0.400. The molecule has 1 aliphatic rings. The number of isocyanates is 2. The normalized spacial score (nSPS) is 25.3. The SMILES string of the molecule is CC1=CC=C(N=C=O)C(C)(N=C=O)C1. The fourth-order valence-electron chi connectivity index (χ4n) is 1.50. The predicted molar refractivity (Wildman–Crippen MR) is 51.1 cm³/mol. The van der Waals surface area contributed by atoms with Gasteiger partial charge in [-0.15, -0.1) is 0 Å². The van der Waals surface area contributed by atoms with Gasteiger partial charge in [-0.05, 0) is 26.3 Å². The molecule has 0 amide bonds. The number of hydrogen-bond donors (Lipinski definition) is 0. The van der Waals surface area contributed by atoms with Crippen molar-refractivity contribution >= 4 is 12.2 Å². The number of carbonyl (C=O) groups excluding carboxylic acids is 2. The Bertz CT molecular complexity index is 396. The van der Waals surface area contributed by atoms with Crippen molar-refractivity contribution in [1.82, 2.24) is 0 Å².